The molecular weight excluding hydrogens is 340 g/mol. The zero-order chi connectivity index (χ0) is 16.5. The van der Waals surface area contributed by atoms with Gasteiger partial charge in [-0.15, -0.1) is 0 Å². The van der Waals surface area contributed by atoms with E-state index in [9.17, 15) is 22.0 Å². The Morgan fingerprint density at radius 1 is 1.14 bits per heavy atom. The van der Waals surface area contributed by atoms with Gasteiger partial charge in [0.1, 0.15) is 16.5 Å². The molecular formula is C13H8ClF2NO4S. The van der Waals surface area contributed by atoms with Gasteiger partial charge in [0.2, 0.25) is 0 Å². The maximum absolute atomic E-state index is 13.6. The number of carboxylic acid groups (broad SMARTS) is 1. The van der Waals surface area contributed by atoms with E-state index in [1.54, 1.807) is 0 Å². The fourth-order valence-corrected chi connectivity index (χ4v) is 3.23. The third kappa shape index (κ3) is 3.18. The van der Waals surface area contributed by atoms with Gasteiger partial charge >= 0.3 is 5.97 Å². The van der Waals surface area contributed by atoms with Crippen LogP contribution in [0, 0.1) is 11.6 Å². The van der Waals surface area contributed by atoms with Crippen LogP contribution in [0.5, 0.6) is 0 Å². The predicted octanol–water partition coefficient (Wildman–Crippen LogP) is 3.12. The highest BCUT2D eigenvalue weighted by atomic mass is 35.5. The number of carboxylic acids is 1. The lowest BCUT2D eigenvalue weighted by atomic mass is 10.2. The molecule has 0 aliphatic carbocycles. The summed E-state index contributed by atoms with van der Waals surface area (Å²) in [6.07, 6.45) is 0. The molecule has 0 aromatic heterocycles. The van der Waals surface area contributed by atoms with Crippen molar-refractivity contribution in [2.24, 2.45) is 0 Å². The molecule has 0 atom stereocenters. The van der Waals surface area contributed by atoms with Gasteiger partial charge in [-0.05, 0) is 18.2 Å². The smallest absolute Gasteiger partial charge is 0.338 e. The molecule has 0 aliphatic rings. The normalized spacial score (nSPS) is 11.2. The minimum absolute atomic E-state index is 0.101. The summed E-state index contributed by atoms with van der Waals surface area (Å²) in [6, 6.07) is 6.26. The van der Waals surface area contributed by atoms with Crippen molar-refractivity contribution in [2.75, 3.05) is 4.72 Å². The Hall–Kier alpha value is -2.19. The molecule has 0 bridgehead atoms. The Balaban J connectivity index is 2.49. The van der Waals surface area contributed by atoms with Crippen molar-refractivity contribution in [2.45, 2.75) is 4.90 Å². The Kier molecular flexibility index (Phi) is 4.34. The van der Waals surface area contributed by atoms with Crippen LogP contribution in [0.15, 0.2) is 41.3 Å². The zero-order valence-electron chi connectivity index (χ0n) is 10.7. The third-order valence-electron chi connectivity index (χ3n) is 2.66. The average molecular weight is 348 g/mol. The lowest BCUT2D eigenvalue weighted by molar-refractivity contribution is 0.0692. The van der Waals surface area contributed by atoms with E-state index in [1.165, 1.54) is 24.3 Å². The third-order valence-corrected chi connectivity index (χ3v) is 4.52. The number of rotatable bonds is 4. The quantitative estimate of drug-likeness (QED) is 0.890. The van der Waals surface area contributed by atoms with Gasteiger partial charge in [-0.25, -0.2) is 22.0 Å². The summed E-state index contributed by atoms with van der Waals surface area (Å²) in [4.78, 5) is 10.5. The number of nitrogens with one attached hydrogen (secondary N) is 1. The van der Waals surface area contributed by atoms with Gasteiger partial charge in [0.15, 0.2) is 0 Å². The standard InChI is InChI=1S/C13H8ClF2NO4S/c14-8-3-1-2-4-12(8)22(20,21)17-11-5-7(13(18)19)9(15)6-10(11)16/h1-6,17H,(H,18,19). The molecule has 2 aromatic carbocycles. The molecule has 0 fully saturated rings. The molecule has 0 amide bonds. The van der Waals surface area contributed by atoms with E-state index >= 15 is 0 Å². The second kappa shape index (κ2) is 5.90. The maximum Gasteiger partial charge on any atom is 0.338 e. The lowest BCUT2D eigenvalue weighted by Gasteiger charge is -2.11. The monoisotopic (exact) mass is 347 g/mol. The fourth-order valence-electron chi connectivity index (χ4n) is 1.65. The maximum atomic E-state index is 13.6. The number of carbonyl (C=O) groups is 1. The number of hydrogen-bond acceptors (Lipinski definition) is 3. The van der Waals surface area contributed by atoms with Gasteiger partial charge in [0, 0.05) is 6.07 Å². The molecule has 2 N–H and O–H groups in total. The molecule has 116 valence electrons. The fraction of sp³-hybridized carbons (Fsp3) is 0. The molecule has 2 rings (SSSR count). The molecule has 0 radical (unpaired) electrons. The van der Waals surface area contributed by atoms with E-state index in [2.05, 4.69) is 0 Å². The van der Waals surface area contributed by atoms with Crippen LogP contribution in [0.2, 0.25) is 5.02 Å². The minimum Gasteiger partial charge on any atom is -0.478 e. The van der Waals surface area contributed by atoms with Crippen molar-refractivity contribution in [3.05, 3.63) is 58.6 Å². The predicted molar refractivity (Wildman–Crippen MR) is 75.6 cm³/mol. The summed E-state index contributed by atoms with van der Waals surface area (Å²) in [5.41, 5.74) is -1.56. The van der Waals surface area contributed by atoms with Crippen LogP contribution in [0.1, 0.15) is 10.4 Å². The Labute approximate surface area is 129 Å². The second-order valence-corrected chi connectivity index (χ2v) is 6.21. The van der Waals surface area contributed by atoms with Crippen molar-refractivity contribution in [3.8, 4) is 0 Å². The first-order valence-corrected chi connectivity index (χ1v) is 7.58. The average Bonchev–Trinajstić information content (AvgIpc) is 2.41. The molecule has 0 saturated heterocycles. The highest BCUT2D eigenvalue weighted by molar-refractivity contribution is 7.92. The molecule has 22 heavy (non-hydrogen) atoms. The summed E-state index contributed by atoms with van der Waals surface area (Å²) in [5.74, 6) is -4.22. The molecule has 0 unspecified atom stereocenters. The van der Waals surface area contributed by atoms with Gasteiger partial charge < -0.3 is 5.11 Å². The van der Waals surface area contributed by atoms with E-state index in [-0.39, 0.29) is 16.0 Å². The highest BCUT2D eigenvalue weighted by Crippen LogP contribution is 2.26. The van der Waals surface area contributed by atoms with Crippen LogP contribution < -0.4 is 4.72 Å². The van der Waals surface area contributed by atoms with Gasteiger partial charge in [-0.3, -0.25) is 4.72 Å². The van der Waals surface area contributed by atoms with Crippen LogP contribution in [-0.4, -0.2) is 19.5 Å². The number of hydrogen-bond donors (Lipinski definition) is 2. The molecule has 0 spiro atoms. The van der Waals surface area contributed by atoms with Gasteiger partial charge in [-0.2, -0.15) is 0 Å². The summed E-state index contributed by atoms with van der Waals surface area (Å²) in [5, 5.41) is 8.68. The number of anilines is 1. The van der Waals surface area contributed by atoms with Gasteiger partial charge in [0.05, 0.1) is 16.3 Å². The second-order valence-electron chi connectivity index (χ2n) is 4.15. The van der Waals surface area contributed by atoms with E-state index in [0.29, 0.717) is 6.07 Å². The Bertz CT molecular complexity index is 855. The lowest BCUT2D eigenvalue weighted by Crippen LogP contribution is -2.15. The van der Waals surface area contributed by atoms with Gasteiger partial charge in [0.25, 0.3) is 10.0 Å². The van der Waals surface area contributed by atoms with E-state index in [4.69, 9.17) is 16.7 Å². The molecule has 5 nitrogen and oxygen atoms in total. The largest absolute Gasteiger partial charge is 0.478 e. The molecule has 2 aromatic rings. The number of sulfonamides is 1. The van der Waals surface area contributed by atoms with Crippen LogP contribution in [-0.2, 0) is 10.0 Å². The van der Waals surface area contributed by atoms with Crippen molar-refractivity contribution < 1.29 is 27.1 Å². The van der Waals surface area contributed by atoms with Crippen LogP contribution in [0.3, 0.4) is 0 Å². The summed E-state index contributed by atoms with van der Waals surface area (Å²) >= 11 is 5.75. The van der Waals surface area contributed by atoms with Crippen molar-refractivity contribution >= 4 is 33.3 Å². The first-order valence-electron chi connectivity index (χ1n) is 5.72. The minimum atomic E-state index is -4.26. The summed E-state index contributed by atoms with van der Waals surface area (Å²) in [6.45, 7) is 0. The highest BCUT2D eigenvalue weighted by Gasteiger charge is 2.22. The zero-order valence-corrected chi connectivity index (χ0v) is 12.3. The number of benzene rings is 2. The molecule has 0 heterocycles. The van der Waals surface area contributed by atoms with Crippen molar-refractivity contribution in [1.82, 2.24) is 0 Å². The molecule has 9 heteroatoms. The molecule has 0 aliphatic heterocycles. The first kappa shape index (κ1) is 16.2. The topological polar surface area (TPSA) is 83.5 Å². The van der Waals surface area contributed by atoms with Crippen LogP contribution in [0.4, 0.5) is 14.5 Å². The van der Waals surface area contributed by atoms with E-state index in [1.807, 2.05) is 4.72 Å². The molecule has 0 saturated carbocycles. The number of halogens is 3. The Morgan fingerprint density at radius 2 is 1.77 bits per heavy atom. The van der Waals surface area contributed by atoms with Crippen molar-refractivity contribution in [1.29, 1.82) is 0 Å². The first-order chi connectivity index (χ1) is 10.2. The van der Waals surface area contributed by atoms with Crippen LogP contribution in [0.25, 0.3) is 0 Å². The van der Waals surface area contributed by atoms with Gasteiger partial charge in [-0.1, -0.05) is 23.7 Å². The summed E-state index contributed by atoms with van der Waals surface area (Å²) < 4.78 is 53.1. The SMILES string of the molecule is O=C(O)c1cc(NS(=O)(=O)c2ccccc2Cl)c(F)cc1F. The van der Waals surface area contributed by atoms with E-state index in [0.717, 1.165) is 0 Å². The number of aromatic carboxylic acids is 1. The van der Waals surface area contributed by atoms with Crippen molar-refractivity contribution in [3.63, 3.8) is 0 Å². The van der Waals surface area contributed by atoms with E-state index < -0.39 is 38.9 Å². The van der Waals surface area contributed by atoms with Crippen LogP contribution >= 0.6 is 11.6 Å². The summed E-state index contributed by atoms with van der Waals surface area (Å²) in [7, 11) is -4.26. The Morgan fingerprint density at radius 3 is 2.36 bits per heavy atom.